The maximum Gasteiger partial charge on any atom is 0.472 e. The summed E-state index contributed by atoms with van der Waals surface area (Å²) in [5, 5.41) is 0. The molecular weight excluding hydrogens is 653 g/mol. The summed E-state index contributed by atoms with van der Waals surface area (Å²) in [6, 6.07) is 0. The first-order valence-electron chi connectivity index (χ1n) is 20.3. The number of hydrogen-bond donors (Lipinski definition) is 1. The molecule has 0 aromatic rings. The molecule has 298 valence electrons. The Balaban J connectivity index is 0. The Hall–Kier alpha value is -1.25. The van der Waals surface area contributed by atoms with Gasteiger partial charge in [0.2, 0.25) is 0 Å². The van der Waals surface area contributed by atoms with Crippen molar-refractivity contribution in [2.75, 3.05) is 47.5 Å². The first-order valence-corrected chi connectivity index (χ1v) is 21.8. The van der Waals surface area contributed by atoms with Crippen LogP contribution in [-0.4, -0.2) is 75.4 Å². The number of nitrogens with zero attached hydrogens (tertiary/aromatic N) is 1. The zero-order valence-corrected chi connectivity index (χ0v) is 34.4. The fourth-order valence-corrected chi connectivity index (χ4v) is 5.97. The molecule has 9 nitrogen and oxygen atoms in total. The molecule has 0 spiro atoms. The van der Waals surface area contributed by atoms with Crippen molar-refractivity contribution in [1.82, 2.24) is 0 Å². The Morgan fingerprint density at radius 3 is 1.48 bits per heavy atom. The summed E-state index contributed by atoms with van der Waals surface area (Å²) >= 11 is 0. The third-order valence-corrected chi connectivity index (χ3v) is 9.42. The Morgan fingerprint density at radius 2 is 1.06 bits per heavy atom. The molecule has 0 saturated carbocycles. The van der Waals surface area contributed by atoms with E-state index in [1.165, 1.54) is 116 Å². The number of quaternary nitrogens is 1. The molecule has 50 heavy (non-hydrogen) atoms. The number of hydrogen-bond acceptors (Lipinski definition) is 7. The lowest BCUT2D eigenvalue weighted by Gasteiger charge is -2.24. The molecule has 0 aliphatic heterocycles. The second-order valence-electron chi connectivity index (χ2n) is 14.7. The van der Waals surface area contributed by atoms with Crippen LogP contribution in [0.15, 0.2) is 12.2 Å². The van der Waals surface area contributed by atoms with Crippen molar-refractivity contribution < 1.29 is 42.1 Å². The fraction of sp³-hybridized carbons (Fsp3) is 0.900. The highest BCUT2D eigenvalue weighted by molar-refractivity contribution is 7.47. The van der Waals surface area contributed by atoms with E-state index in [9.17, 15) is 19.0 Å². The van der Waals surface area contributed by atoms with Crippen molar-refractivity contribution in [1.29, 1.82) is 0 Å². The van der Waals surface area contributed by atoms with Crippen molar-refractivity contribution in [3.05, 3.63) is 12.2 Å². The monoisotopic (exact) mass is 735 g/mol. The largest absolute Gasteiger partial charge is 0.472 e. The van der Waals surface area contributed by atoms with Crippen LogP contribution in [0, 0.1) is 0 Å². The second-order valence-corrected chi connectivity index (χ2v) is 16.1. The SMILES string of the molecule is CCCCCCCC/C=C/CCCCCCCC(=O)O[C@H](COC=O)COP(=O)(O)OCC[N+](C)(C)C.CCCCCCCCCCCCC. The predicted molar refractivity (Wildman–Crippen MR) is 208 cm³/mol. The molecule has 1 N–H and O–H groups in total. The Bertz CT molecular complexity index is 808. The first-order chi connectivity index (χ1) is 24.0. The molecule has 0 radical (unpaired) electrons. The maximum absolute atomic E-state index is 12.2. The van der Waals surface area contributed by atoms with Crippen LogP contribution in [0.2, 0.25) is 0 Å². The van der Waals surface area contributed by atoms with Gasteiger partial charge in [0.15, 0.2) is 6.10 Å². The highest BCUT2D eigenvalue weighted by Crippen LogP contribution is 2.43. The first kappa shape index (κ1) is 50.9. The average Bonchev–Trinajstić information content (AvgIpc) is 3.06. The molecule has 0 rings (SSSR count). The van der Waals surface area contributed by atoms with Crippen molar-refractivity contribution in [3.8, 4) is 0 Å². The lowest BCUT2D eigenvalue weighted by Crippen LogP contribution is -2.37. The summed E-state index contributed by atoms with van der Waals surface area (Å²) in [5.41, 5.74) is 0. The quantitative estimate of drug-likeness (QED) is 0.0169. The van der Waals surface area contributed by atoms with Crippen LogP contribution in [0.25, 0.3) is 0 Å². The van der Waals surface area contributed by atoms with Crippen molar-refractivity contribution in [3.63, 3.8) is 0 Å². The van der Waals surface area contributed by atoms with E-state index in [4.69, 9.17) is 13.8 Å². The van der Waals surface area contributed by atoms with Gasteiger partial charge in [0.25, 0.3) is 6.47 Å². The molecule has 0 aromatic heterocycles. The van der Waals surface area contributed by atoms with Crippen molar-refractivity contribution in [2.24, 2.45) is 0 Å². The third-order valence-electron chi connectivity index (χ3n) is 8.44. The summed E-state index contributed by atoms with van der Waals surface area (Å²) in [4.78, 5) is 32.5. The van der Waals surface area contributed by atoms with Crippen LogP contribution in [0.3, 0.4) is 0 Å². The maximum atomic E-state index is 12.2. The Kier molecular flexibility index (Phi) is 38.1. The van der Waals surface area contributed by atoms with E-state index < -0.39 is 26.5 Å². The van der Waals surface area contributed by atoms with Gasteiger partial charge in [0.1, 0.15) is 19.8 Å². The van der Waals surface area contributed by atoms with Gasteiger partial charge in [-0.25, -0.2) is 4.57 Å². The van der Waals surface area contributed by atoms with Crippen LogP contribution >= 0.6 is 7.82 Å². The van der Waals surface area contributed by atoms with Crippen molar-refractivity contribution >= 4 is 20.3 Å². The predicted octanol–water partition coefficient (Wildman–Crippen LogP) is 11.3. The van der Waals surface area contributed by atoms with E-state index >= 15 is 0 Å². The zero-order valence-electron chi connectivity index (χ0n) is 33.5. The molecule has 0 amide bonds. The summed E-state index contributed by atoms with van der Waals surface area (Å²) in [6.07, 6.45) is 35.0. The molecule has 0 fully saturated rings. The van der Waals surface area contributed by atoms with Crippen LogP contribution < -0.4 is 0 Å². The van der Waals surface area contributed by atoms with Gasteiger partial charge in [-0.1, -0.05) is 155 Å². The van der Waals surface area contributed by atoms with Gasteiger partial charge in [0, 0.05) is 6.42 Å². The minimum absolute atomic E-state index is 0.0298. The highest BCUT2D eigenvalue weighted by atomic mass is 31.2. The summed E-state index contributed by atoms with van der Waals surface area (Å²) in [5.74, 6) is -0.459. The highest BCUT2D eigenvalue weighted by Gasteiger charge is 2.26. The van der Waals surface area contributed by atoms with Crippen LogP contribution in [0.1, 0.15) is 181 Å². The van der Waals surface area contributed by atoms with Gasteiger partial charge >= 0.3 is 13.8 Å². The molecule has 0 saturated heterocycles. The van der Waals surface area contributed by atoms with Gasteiger partial charge in [0.05, 0.1) is 27.7 Å². The lowest BCUT2D eigenvalue weighted by atomic mass is 10.1. The van der Waals surface area contributed by atoms with E-state index in [0.29, 0.717) is 17.4 Å². The van der Waals surface area contributed by atoms with Crippen LogP contribution in [-0.2, 0) is 32.7 Å². The molecule has 0 aromatic carbocycles. The number of unbranched alkanes of at least 4 members (excludes halogenated alkanes) is 21. The number of rotatable bonds is 36. The standard InChI is InChI=1S/C27H52NO8P.C13H28/c1-5-6-7-8-9-10-11-12-13-14-15-16-17-18-19-20-27(30)36-26(23-33-25-29)24-35-37(31,32)34-22-21-28(2,3)4;1-3-5-7-9-11-13-12-10-8-6-4-2/h12-13,25-26H,5-11,14-24H2,1-4H3;3-13H2,1-2H3/p+1/b13-12+;/t26-;/m1./s1. The molecule has 1 unspecified atom stereocenters. The molecule has 10 heteroatoms. The smallest absolute Gasteiger partial charge is 0.464 e. The number of likely N-dealkylation sites (N-methyl/N-ethyl adjacent to an activating group) is 1. The topological polar surface area (TPSA) is 108 Å². The molecule has 0 aliphatic rings. The number of allylic oxidation sites excluding steroid dienone is 2. The van der Waals surface area contributed by atoms with Crippen molar-refractivity contribution in [2.45, 2.75) is 187 Å². The number of phosphoric ester groups is 1. The van der Waals surface area contributed by atoms with Gasteiger partial charge in [-0.2, -0.15) is 0 Å². The zero-order chi connectivity index (χ0) is 37.6. The molecule has 0 aliphatic carbocycles. The minimum atomic E-state index is -4.31. The molecular formula is C40H81NO8P+. The average molecular weight is 735 g/mol. The second kappa shape index (κ2) is 37.5. The van der Waals surface area contributed by atoms with Gasteiger partial charge in [-0.3, -0.25) is 18.6 Å². The lowest BCUT2D eigenvalue weighted by molar-refractivity contribution is -0.870. The fourth-order valence-electron chi connectivity index (χ4n) is 5.23. The summed E-state index contributed by atoms with van der Waals surface area (Å²) < 4.78 is 32.4. The van der Waals surface area contributed by atoms with E-state index in [-0.39, 0.29) is 26.1 Å². The molecule has 0 bridgehead atoms. The summed E-state index contributed by atoms with van der Waals surface area (Å²) in [7, 11) is 1.46. The summed E-state index contributed by atoms with van der Waals surface area (Å²) in [6.45, 7) is 6.89. The van der Waals surface area contributed by atoms with E-state index in [2.05, 4.69) is 37.7 Å². The molecule has 2 atom stereocenters. The van der Waals surface area contributed by atoms with E-state index in [1.807, 2.05) is 21.1 Å². The Morgan fingerprint density at radius 1 is 0.640 bits per heavy atom. The normalized spacial score (nSPS) is 13.4. The number of ether oxygens (including phenoxy) is 2. The van der Waals surface area contributed by atoms with Crippen LogP contribution in [0.5, 0.6) is 0 Å². The minimum Gasteiger partial charge on any atom is -0.464 e. The van der Waals surface area contributed by atoms with Gasteiger partial charge in [-0.05, 0) is 32.1 Å². The van der Waals surface area contributed by atoms with Crippen LogP contribution in [0.4, 0.5) is 0 Å². The van der Waals surface area contributed by atoms with Gasteiger partial charge in [-0.15, -0.1) is 0 Å². The third kappa shape index (κ3) is 42.9. The number of carbonyl (C=O) groups is 2. The number of phosphoric acid groups is 1. The Labute approximate surface area is 308 Å². The van der Waals surface area contributed by atoms with Gasteiger partial charge < -0.3 is 18.9 Å². The number of carbonyl (C=O) groups excluding carboxylic acids is 2. The number of esters is 1. The van der Waals surface area contributed by atoms with E-state index in [1.54, 1.807) is 0 Å². The van der Waals surface area contributed by atoms with E-state index in [0.717, 1.165) is 32.1 Å². The molecule has 0 heterocycles.